The van der Waals surface area contributed by atoms with Gasteiger partial charge in [0.15, 0.2) is 0 Å². The fraction of sp³-hybridized carbons (Fsp3) is 0.818. The molecule has 0 spiro atoms. The second-order valence-electron chi connectivity index (χ2n) is 4.23. The van der Waals surface area contributed by atoms with Gasteiger partial charge in [0.1, 0.15) is 0 Å². The first-order valence-corrected chi connectivity index (χ1v) is 6.99. The first-order chi connectivity index (χ1) is 7.24. The number of aryl methyl sites for hydroxylation is 2. The number of hydrogen-bond acceptors (Lipinski definition) is 3. The third-order valence-corrected chi connectivity index (χ3v) is 3.02. The molecule has 0 fully saturated rings. The van der Waals surface area contributed by atoms with Crippen LogP contribution >= 0.6 is 11.8 Å². The van der Waals surface area contributed by atoms with Crippen molar-refractivity contribution >= 4 is 11.8 Å². The molecule has 4 heteroatoms. The van der Waals surface area contributed by atoms with Crippen molar-refractivity contribution in [2.24, 2.45) is 5.92 Å². The highest BCUT2D eigenvalue weighted by Gasteiger charge is 2.03. The predicted molar refractivity (Wildman–Crippen MR) is 66.2 cm³/mol. The zero-order chi connectivity index (χ0) is 11.1. The molecule has 0 aliphatic rings. The summed E-state index contributed by atoms with van der Waals surface area (Å²) in [6, 6.07) is 0. The van der Waals surface area contributed by atoms with E-state index in [2.05, 4.69) is 35.1 Å². The van der Waals surface area contributed by atoms with Crippen molar-refractivity contribution in [2.45, 2.75) is 39.7 Å². The average Bonchev–Trinajstić information content (AvgIpc) is 2.62. The molecule has 0 aromatic carbocycles. The Bertz CT molecular complexity index is 271. The number of hydrogen-bond donors (Lipinski definition) is 0. The molecular weight excluding hydrogens is 206 g/mol. The van der Waals surface area contributed by atoms with E-state index < -0.39 is 0 Å². The van der Waals surface area contributed by atoms with Crippen LogP contribution in [0.25, 0.3) is 0 Å². The van der Waals surface area contributed by atoms with Gasteiger partial charge in [-0.15, -0.1) is 5.10 Å². The maximum Gasteiger partial charge on any atom is 0.0725 e. The summed E-state index contributed by atoms with van der Waals surface area (Å²) in [4.78, 5) is 0. The van der Waals surface area contributed by atoms with E-state index in [0.29, 0.717) is 0 Å². The number of rotatable bonds is 7. The molecule has 1 rings (SSSR count). The molecule has 1 aromatic rings. The highest BCUT2D eigenvalue weighted by atomic mass is 32.2. The zero-order valence-electron chi connectivity index (χ0n) is 9.94. The van der Waals surface area contributed by atoms with E-state index in [-0.39, 0.29) is 0 Å². The molecule has 86 valence electrons. The molecule has 0 amide bonds. The molecule has 0 saturated carbocycles. The molecule has 0 N–H and O–H groups in total. The van der Waals surface area contributed by atoms with Crippen LogP contribution in [-0.4, -0.2) is 27.0 Å². The normalized spacial score (nSPS) is 11.2. The summed E-state index contributed by atoms with van der Waals surface area (Å²) >= 11 is 1.87. The van der Waals surface area contributed by atoms with Gasteiger partial charge in [-0.1, -0.05) is 19.1 Å². The largest absolute Gasteiger partial charge is 0.249 e. The quantitative estimate of drug-likeness (QED) is 0.717. The third-order valence-electron chi connectivity index (χ3n) is 2.41. The van der Waals surface area contributed by atoms with E-state index in [1.54, 1.807) is 0 Å². The minimum atomic E-state index is 0.781. The number of nitrogens with zero attached hydrogens (tertiary/aromatic N) is 3. The van der Waals surface area contributed by atoms with Crippen molar-refractivity contribution in [3.05, 3.63) is 11.9 Å². The van der Waals surface area contributed by atoms with Crippen molar-refractivity contribution in [3.63, 3.8) is 0 Å². The van der Waals surface area contributed by atoms with Gasteiger partial charge in [-0.25, -0.2) is 4.68 Å². The van der Waals surface area contributed by atoms with E-state index in [4.69, 9.17) is 0 Å². The van der Waals surface area contributed by atoms with Gasteiger partial charge in [-0.3, -0.25) is 0 Å². The summed E-state index contributed by atoms with van der Waals surface area (Å²) in [6.07, 6.45) is 7.57. The Balaban J connectivity index is 2.35. The SMILES string of the molecule is CSCCc1cnnn1CCCC(C)C. The Labute approximate surface area is 96.6 Å². The first kappa shape index (κ1) is 12.6. The van der Waals surface area contributed by atoms with Crippen molar-refractivity contribution in [2.75, 3.05) is 12.0 Å². The Kier molecular flexibility index (Phi) is 5.76. The predicted octanol–water partition coefficient (Wildman–Crippen LogP) is 2.62. The summed E-state index contributed by atoms with van der Waals surface area (Å²) in [5.74, 6) is 1.93. The van der Waals surface area contributed by atoms with Crippen LogP contribution in [0, 0.1) is 5.92 Å². The van der Waals surface area contributed by atoms with Crippen molar-refractivity contribution in [1.29, 1.82) is 0 Å². The first-order valence-electron chi connectivity index (χ1n) is 5.60. The Morgan fingerprint density at radius 1 is 1.47 bits per heavy atom. The molecule has 0 aliphatic heterocycles. The maximum atomic E-state index is 4.12. The smallest absolute Gasteiger partial charge is 0.0725 e. The lowest BCUT2D eigenvalue weighted by Crippen LogP contribution is -2.07. The van der Waals surface area contributed by atoms with E-state index >= 15 is 0 Å². The van der Waals surface area contributed by atoms with Crippen LogP contribution in [0.1, 0.15) is 32.4 Å². The maximum absolute atomic E-state index is 4.12. The standard InChI is InChI=1S/C11H21N3S/c1-10(2)5-4-7-14-11(6-8-15-3)9-12-13-14/h9-10H,4-8H2,1-3H3. The number of aromatic nitrogens is 3. The van der Waals surface area contributed by atoms with Gasteiger partial charge in [0.2, 0.25) is 0 Å². The van der Waals surface area contributed by atoms with E-state index in [0.717, 1.165) is 24.6 Å². The van der Waals surface area contributed by atoms with Crippen LogP contribution in [-0.2, 0) is 13.0 Å². The van der Waals surface area contributed by atoms with Gasteiger partial charge in [-0.05, 0) is 30.8 Å². The summed E-state index contributed by atoms with van der Waals surface area (Å²) in [5, 5.41) is 8.10. The monoisotopic (exact) mass is 227 g/mol. The lowest BCUT2D eigenvalue weighted by molar-refractivity contribution is 0.474. The van der Waals surface area contributed by atoms with E-state index in [1.165, 1.54) is 18.5 Å². The minimum Gasteiger partial charge on any atom is -0.249 e. The second kappa shape index (κ2) is 6.88. The Morgan fingerprint density at radius 3 is 2.93 bits per heavy atom. The van der Waals surface area contributed by atoms with Crippen LogP contribution in [0.2, 0.25) is 0 Å². The molecule has 0 saturated heterocycles. The van der Waals surface area contributed by atoms with Gasteiger partial charge in [0.25, 0.3) is 0 Å². The van der Waals surface area contributed by atoms with Crippen molar-refractivity contribution in [3.8, 4) is 0 Å². The molecule has 0 atom stereocenters. The van der Waals surface area contributed by atoms with E-state index in [9.17, 15) is 0 Å². The molecule has 0 aliphatic carbocycles. The van der Waals surface area contributed by atoms with Gasteiger partial charge in [0.05, 0.1) is 11.9 Å². The molecule has 3 nitrogen and oxygen atoms in total. The highest BCUT2D eigenvalue weighted by molar-refractivity contribution is 7.98. The van der Waals surface area contributed by atoms with Crippen LogP contribution < -0.4 is 0 Å². The van der Waals surface area contributed by atoms with Crippen molar-refractivity contribution in [1.82, 2.24) is 15.0 Å². The van der Waals surface area contributed by atoms with Gasteiger partial charge >= 0.3 is 0 Å². The topological polar surface area (TPSA) is 30.7 Å². The van der Waals surface area contributed by atoms with Crippen LogP contribution in [0.4, 0.5) is 0 Å². The Hall–Kier alpha value is -0.510. The summed E-state index contributed by atoms with van der Waals surface area (Å²) in [6.45, 7) is 5.54. The molecule has 1 aromatic heterocycles. The van der Waals surface area contributed by atoms with E-state index in [1.807, 2.05) is 18.0 Å². The van der Waals surface area contributed by atoms with Gasteiger partial charge < -0.3 is 0 Å². The fourth-order valence-electron chi connectivity index (χ4n) is 1.52. The molecule has 0 bridgehead atoms. The fourth-order valence-corrected chi connectivity index (χ4v) is 1.93. The second-order valence-corrected chi connectivity index (χ2v) is 5.21. The van der Waals surface area contributed by atoms with Crippen LogP contribution in [0.15, 0.2) is 6.20 Å². The third kappa shape index (κ3) is 4.69. The van der Waals surface area contributed by atoms with Gasteiger partial charge in [0, 0.05) is 13.0 Å². The molecular formula is C11H21N3S. The van der Waals surface area contributed by atoms with Crippen molar-refractivity contribution < 1.29 is 0 Å². The zero-order valence-corrected chi connectivity index (χ0v) is 10.8. The molecule has 1 heterocycles. The van der Waals surface area contributed by atoms with Gasteiger partial charge in [-0.2, -0.15) is 11.8 Å². The summed E-state index contributed by atoms with van der Waals surface area (Å²) in [5.41, 5.74) is 1.27. The highest BCUT2D eigenvalue weighted by Crippen LogP contribution is 2.07. The average molecular weight is 227 g/mol. The lowest BCUT2D eigenvalue weighted by atomic mass is 10.1. The Morgan fingerprint density at radius 2 is 2.27 bits per heavy atom. The van der Waals surface area contributed by atoms with Crippen LogP contribution in [0.3, 0.4) is 0 Å². The summed E-state index contributed by atoms with van der Waals surface area (Å²) in [7, 11) is 0. The molecule has 0 radical (unpaired) electrons. The molecule has 15 heavy (non-hydrogen) atoms. The summed E-state index contributed by atoms with van der Waals surface area (Å²) < 4.78 is 2.05. The lowest BCUT2D eigenvalue weighted by Gasteiger charge is -2.07. The molecule has 0 unspecified atom stereocenters. The minimum absolute atomic E-state index is 0.781. The number of thioether (sulfide) groups is 1. The van der Waals surface area contributed by atoms with Crippen LogP contribution in [0.5, 0.6) is 0 Å².